The average Bonchev–Trinajstić information content (AvgIpc) is 2.57. The molecule has 2 aromatic carbocycles. The van der Waals surface area contributed by atoms with Crippen molar-refractivity contribution >= 4 is 21.0 Å². The molecule has 1 heterocycles. The first-order chi connectivity index (χ1) is 11.5. The second kappa shape index (κ2) is 6.45. The van der Waals surface area contributed by atoms with Gasteiger partial charge in [-0.05, 0) is 31.2 Å². The molecule has 0 aliphatic carbocycles. The smallest absolute Gasteiger partial charge is 0.339 e. The lowest BCUT2D eigenvalue weighted by Gasteiger charge is -2.10. The van der Waals surface area contributed by atoms with Crippen LogP contribution in [0.25, 0.3) is 10.9 Å². The molecule has 0 saturated carbocycles. The van der Waals surface area contributed by atoms with Crippen LogP contribution in [-0.4, -0.2) is 20.0 Å². The highest BCUT2D eigenvalue weighted by molar-refractivity contribution is 7.87. The van der Waals surface area contributed by atoms with Crippen molar-refractivity contribution < 1.29 is 21.7 Å². The van der Waals surface area contributed by atoms with Crippen molar-refractivity contribution in [2.75, 3.05) is 6.61 Å². The summed E-state index contributed by atoms with van der Waals surface area (Å²) in [4.78, 5) is 3.95. The van der Waals surface area contributed by atoms with Gasteiger partial charge in [-0.3, -0.25) is 4.98 Å². The van der Waals surface area contributed by atoms with Crippen molar-refractivity contribution in [3.8, 4) is 11.5 Å². The van der Waals surface area contributed by atoms with Gasteiger partial charge in [-0.1, -0.05) is 18.2 Å². The van der Waals surface area contributed by atoms with Crippen LogP contribution in [0.5, 0.6) is 11.5 Å². The third-order valence-corrected chi connectivity index (χ3v) is 4.52. The second-order valence-electron chi connectivity index (χ2n) is 4.89. The average molecular weight is 347 g/mol. The third-order valence-electron chi connectivity index (χ3n) is 3.29. The second-order valence-corrected chi connectivity index (χ2v) is 6.44. The molecule has 3 rings (SSSR count). The zero-order valence-electron chi connectivity index (χ0n) is 12.8. The van der Waals surface area contributed by atoms with Gasteiger partial charge in [0, 0.05) is 17.6 Å². The third kappa shape index (κ3) is 3.16. The Kier molecular flexibility index (Phi) is 4.35. The SMILES string of the molecule is CCOc1cc(S(=O)(=O)Oc2cccc3cccnc23)ccc1F. The quantitative estimate of drug-likeness (QED) is 0.661. The summed E-state index contributed by atoms with van der Waals surface area (Å²) in [6.07, 6.45) is 1.55. The Balaban J connectivity index is 2.01. The topological polar surface area (TPSA) is 65.5 Å². The van der Waals surface area contributed by atoms with E-state index in [4.69, 9.17) is 8.92 Å². The lowest BCUT2D eigenvalue weighted by atomic mass is 10.2. The Morgan fingerprint density at radius 3 is 2.67 bits per heavy atom. The maximum absolute atomic E-state index is 13.6. The van der Waals surface area contributed by atoms with Crippen molar-refractivity contribution in [1.29, 1.82) is 0 Å². The van der Waals surface area contributed by atoms with E-state index in [9.17, 15) is 12.8 Å². The van der Waals surface area contributed by atoms with E-state index in [-0.39, 0.29) is 23.0 Å². The van der Waals surface area contributed by atoms with E-state index in [1.807, 2.05) is 0 Å². The fraction of sp³-hybridized carbons (Fsp3) is 0.118. The van der Waals surface area contributed by atoms with Crippen LogP contribution in [0.2, 0.25) is 0 Å². The zero-order valence-corrected chi connectivity index (χ0v) is 13.6. The number of nitrogens with zero attached hydrogens (tertiary/aromatic N) is 1. The lowest BCUT2D eigenvalue weighted by molar-refractivity contribution is 0.320. The first-order valence-corrected chi connectivity index (χ1v) is 8.62. The molecule has 3 aromatic rings. The lowest BCUT2D eigenvalue weighted by Crippen LogP contribution is -2.11. The number of hydrogen-bond donors (Lipinski definition) is 0. The molecule has 0 spiro atoms. The molecule has 0 N–H and O–H groups in total. The highest BCUT2D eigenvalue weighted by atomic mass is 32.2. The van der Waals surface area contributed by atoms with Gasteiger partial charge in [0.15, 0.2) is 17.3 Å². The fourth-order valence-electron chi connectivity index (χ4n) is 2.22. The Morgan fingerprint density at radius 1 is 1.08 bits per heavy atom. The van der Waals surface area contributed by atoms with E-state index in [0.29, 0.717) is 5.52 Å². The molecule has 0 saturated heterocycles. The normalized spacial score (nSPS) is 11.4. The molecule has 0 unspecified atom stereocenters. The minimum absolute atomic E-state index is 0.107. The van der Waals surface area contributed by atoms with Gasteiger partial charge in [-0.15, -0.1) is 0 Å². The van der Waals surface area contributed by atoms with Gasteiger partial charge >= 0.3 is 10.1 Å². The van der Waals surface area contributed by atoms with Gasteiger partial charge in [-0.2, -0.15) is 8.42 Å². The van der Waals surface area contributed by atoms with Crippen molar-refractivity contribution in [1.82, 2.24) is 4.98 Å². The van der Waals surface area contributed by atoms with Crippen molar-refractivity contribution in [2.45, 2.75) is 11.8 Å². The predicted molar refractivity (Wildman–Crippen MR) is 87.1 cm³/mol. The maximum atomic E-state index is 13.6. The van der Waals surface area contributed by atoms with E-state index in [0.717, 1.165) is 23.6 Å². The molecule has 0 amide bonds. The summed E-state index contributed by atoms with van der Waals surface area (Å²) in [6, 6.07) is 11.8. The molecule has 0 fully saturated rings. The molecule has 0 radical (unpaired) electrons. The minimum Gasteiger partial charge on any atom is -0.491 e. The van der Waals surface area contributed by atoms with Gasteiger partial charge < -0.3 is 8.92 Å². The van der Waals surface area contributed by atoms with Gasteiger partial charge in [-0.25, -0.2) is 4.39 Å². The van der Waals surface area contributed by atoms with E-state index in [2.05, 4.69) is 4.98 Å². The molecule has 0 aliphatic heterocycles. The van der Waals surface area contributed by atoms with Crippen LogP contribution >= 0.6 is 0 Å². The molecule has 1 aromatic heterocycles. The van der Waals surface area contributed by atoms with Crippen LogP contribution in [0.4, 0.5) is 4.39 Å². The minimum atomic E-state index is -4.15. The maximum Gasteiger partial charge on any atom is 0.339 e. The zero-order chi connectivity index (χ0) is 17.2. The van der Waals surface area contributed by atoms with Crippen LogP contribution in [0.3, 0.4) is 0 Å². The molecule has 5 nitrogen and oxygen atoms in total. The first kappa shape index (κ1) is 16.2. The van der Waals surface area contributed by atoms with Crippen molar-refractivity contribution in [2.24, 2.45) is 0 Å². The number of benzene rings is 2. The number of aromatic nitrogens is 1. The Bertz CT molecular complexity index is 984. The van der Waals surface area contributed by atoms with E-state index in [1.54, 1.807) is 37.4 Å². The summed E-state index contributed by atoms with van der Waals surface area (Å²) >= 11 is 0. The highest BCUT2D eigenvalue weighted by Gasteiger charge is 2.20. The summed E-state index contributed by atoms with van der Waals surface area (Å²) in [5, 5.41) is 0.749. The molecule has 0 bridgehead atoms. The molecule has 0 aliphatic rings. The number of rotatable bonds is 5. The Labute approximate surface area is 138 Å². The van der Waals surface area contributed by atoms with Crippen LogP contribution in [-0.2, 0) is 10.1 Å². The van der Waals surface area contributed by atoms with Crippen LogP contribution < -0.4 is 8.92 Å². The number of pyridine rings is 1. The number of hydrogen-bond acceptors (Lipinski definition) is 5. The van der Waals surface area contributed by atoms with Crippen LogP contribution in [0.15, 0.2) is 59.6 Å². The Hall–Kier alpha value is -2.67. The summed E-state index contributed by atoms with van der Waals surface area (Å²) in [6.45, 7) is 1.90. The van der Waals surface area contributed by atoms with Gasteiger partial charge in [0.05, 0.1) is 6.61 Å². The monoisotopic (exact) mass is 347 g/mol. The molecular formula is C17H14FNO4S. The largest absolute Gasteiger partial charge is 0.491 e. The highest BCUT2D eigenvalue weighted by Crippen LogP contribution is 2.28. The van der Waals surface area contributed by atoms with Gasteiger partial charge in [0.2, 0.25) is 0 Å². The molecule has 7 heteroatoms. The predicted octanol–water partition coefficient (Wildman–Crippen LogP) is 3.54. The van der Waals surface area contributed by atoms with Gasteiger partial charge in [0.1, 0.15) is 10.4 Å². The number of fused-ring (bicyclic) bond motifs is 1. The summed E-state index contributed by atoms with van der Waals surface area (Å²) < 4.78 is 48.9. The van der Waals surface area contributed by atoms with Crippen molar-refractivity contribution in [3.63, 3.8) is 0 Å². The van der Waals surface area contributed by atoms with Crippen LogP contribution in [0, 0.1) is 5.82 Å². The number of halogens is 1. The van der Waals surface area contributed by atoms with E-state index < -0.39 is 15.9 Å². The first-order valence-electron chi connectivity index (χ1n) is 7.22. The molecule has 24 heavy (non-hydrogen) atoms. The van der Waals surface area contributed by atoms with Crippen LogP contribution in [0.1, 0.15) is 6.92 Å². The summed E-state index contributed by atoms with van der Waals surface area (Å²) in [7, 11) is -4.15. The number of ether oxygens (including phenoxy) is 1. The summed E-state index contributed by atoms with van der Waals surface area (Å²) in [5.74, 6) is -0.670. The van der Waals surface area contributed by atoms with E-state index in [1.165, 1.54) is 6.07 Å². The summed E-state index contributed by atoms with van der Waals surface area (Å²) in [5.41, 5.74) is 0.427. The number of para-hydroxylation sites is 1. The molecule has 124 valence electrons. The standard InChI is InChI=1S/C17H14FNO4S/c1-2-22-16-11-13(8-9-14(16)18)24(20,21)23-15-7-3-5-12-6-4-10-19-17(12)15/h3-11H,2H2,1H3. The Morgan fingerprint density at radius 2 is 1.88 bits per heavy atom. The van der Waals surface area contributed by atoms with Gasteiger partial charge in [0.25, 0.3) is 0 Å². The molecular weight excluding hydrogens is 333 g/mol. The molecule has 0 atom stereocenters. The van der Waals surface area contributed by atoms with E-state index >= 15 is 0 Å². The van der Waals surface area contributed by atoms with Crippen molar-refractivity contribution in [3.05, 3.63) is 60.5 Å². The fourth-order valence-corrected chi connectivity index (χ4v) is 3.17.